The molecule has 0 atom stereocenters. The Labute approximate surface area is 338 Å². The number of hydrogen-bond acceptors (Lipinski definition) is 3. The van der Waals surface area contributed by atoms with Crippen molar-refractivity contribution in [2.75, 3.05) is 0 Å². The van der Waals surface area contributed by atoms with Gasteiger partial charge in [0.05, 0.1) is 27.8 Å². The van der Waals surface area contributed by atoms with Gasteiger partial charge in [-0.15, -0.1) is 11.3 Å². The minimum absolute atomic E-state index is 0.714. The first-order valence-corrected chi connectivity index (χ1v) is 20.5. The van der Waals surface area contributed by atoms with Crippen molar-refractivity contribution in [1.29, 1.82) is 0 Å². The highest BCUT2D eigenvalue weighted by atomic mass is 32.1. The molecule has 8 aromatic carbocycles. The van der Waals surface area contributed by atoms with Crippen molar-refractivity contribution in [1.82, 2.24) is 19.1 Å². The van der Waals surface area contributed by atoms with Crippen molar-refractivity contribution in [3.05, 3.63) is 194 Å². The number of hydrogen-bond donors (Lipinski definition) is 0. The molecule has 0 unspecified atom stereocenters. The summed E-state index contributed by atoms with van der Waals surface area (Å²) in [7, 11) is 0. The normalized spacial score (nSPS) is 11.9. The van der Waals surface area contributed by atoms with Crippen LogP contribution in [0.4, 0.5) is 0 Å². The maximum atomic E-state index is 5.66. The van der Waals surface area contributed by atoms with Crippen molar-refractivity contribution in [2.45, 2.75) is 6.92 Å². The van der Waals surface area contributed by atoms with Gasteiger partial charge in [0.15, 0.2) is 5.82 Å². The monoisotopic (exact) mass is 758 g/mol. The molecule has 5 heteroatoms. The number of fused-ring (bicyclic) bond motifs is 10. The van der Waals surface area contributed by atoms with Gasteiger partial charge in [-0.3, -0.25) is 4.57 Å². The Hall–Kier alpha value is -7.34. The lowest BCUT2D eigenvalue weighted by Gasteiger charge is -2.17. The molecule has 4 aromatic heterocycles. The standard InChI is InChI=1S/C53H34N4S/c1-33-48(35-18-6-3-7-19-35)54-52(44-26-15-25-43-40-24-10-13-29-47(40)58-51(43)44)55-53(33)57-46-28-12-9-23-39(46)42-31-30-41-38-22-8-11-27-45(38)56(49(41)50(42)57)37-21-14-20-36(32-37)34-16-4-2-5-17-34/h2-32H,1H3. The molecule has 0 saturated carbocycles. The van der Waals surface area contributed by atoms with Gasteiger partial charge in [0.1, 0.15) is 5.82 Å². The SMILES string of the molecule is Cc1c(-c2ccccc2)nc(-c2cccc3c2sc2ccccc23)nc1-n1c2ccccc2c2ccc3c4ccccc4n(-c4cccc(-c5ccccc5)c4)c3c21. The molecule has 0 spiro atoms. The van der Waals surface area contributed by atoms with E-state index in [0.29, 0.717) is 5.82 Å². The summed E-state index contributed by atoms with van der Waals surface area (Å²) in [6.07, 6.45) is 0. The summed E-state index contributed by atoms with van der Waals surface area (Å²) in [5.74, 6) is 1.58. The third kappa shape index (κ3) is 4.87. The van der Waals surface area contributed by atoms with Crippen LogP contribution in [-0.4, -0.2) is 19.1 Å². The molecule has 0 saturated heterocycles. The smallest absolute Gasteiger partial charge is 0.163 e. The Morgan fingerprint density at radius 3 is 1.74 bits per heavy atom. The van der Waals surface area contributed by atoms with E-state index in [1.165, 1.54) is 52.8 Å². The van der Waals surface area contributed by atoms with Crippen LogP contribution in [0.25, 0.3) is 109 Å². The molecule has 0 fully saturated rings. The van der Waals surface area contributed by atoms with Gasteiger partial charge in [-0.25, -0.2) is 9.97 Å². The van der Waals surface area contributed by atoms with E-state index in [9.17, 15) is 0 Å². The largest absolute Gasteiger partial charge is 0.307 e. The lowest BCUT2D eigenvalue weighted by molar-refractivity contribution is 1.02. The van der Waals surface area contributed by atoms with E-state index < -0.39 is 0 Å². The van der Waals surface area contributed by atoms with E-state index in [1.54, 1.807) is 0 Å². The van der Waals surface area contributed by atoms with Crippen LogP contribution in [0.15, 0.2) is 188 Å². The summed E-state index contributed by atoms with van der Waals surface area (Å²) in [4.78, 5) is 11.1. The highest BCUT2D eigenvalue weighted by Crippen LogP contribution is 2.44. The van der Waals surface area contributed by atoms with Gasteiger partial charge in [-0.05, 0) is 54.4 Å². The topological polar surface area (TPSA) is 35.6 Å². The van der Waals surface area contributed by atoms with Crippen LogP contribution < -0.4 is 0 Å². The molecule has 272 valence electrons. The predicted octanol–water partition coefficient (Wildman–Crippen LogP) is 14.3. The Bertz CT molecular complexity index is 3570. The van der Waals surface area contributed by atoms with Gasteiger partial charge in [0.2, 0.25) is 0 Å². The number of benzene rings is 8. The Balaban J connectivity index is 1.23. The molecule has 0 N–H and O–H groups in total. The summed E-state index contributed by atoms with van der Waals surface area (Å²) < 4.78 is 7.33. The molecule has 12 aromatic rings. The van der Waals surface area contributed by atoms with E-state index >= 15 is 0 Å². The van der Waals surface area contributed by atoms with E-state index in [4.69, 9.17) is 9.97 Å². The highest BCUT2D eigenvalue weighted by Gasteiger charge is 2.25. The molecule has 4 nitrogen and oxygen atoms in total. The molecule has 4 heterocycles. The van der Waals surface area contributed by atoms with Gasteiger partial charge in [0.25, 0.3) is 0 Å². The van der Waals surface area contributed by atoms with Gasteiger partial charge >= 0.3 is 0 Å². The van der Waals surface area contributed by atoms with Gasteiger partial charge in [0, 0.05) is 64.1 Å². The second-order valence-electron chi connectivity index (χ2n) is 15.0. The van der Waals surface area contributed by atoms with Crippen LogP contribution >= 0.6 is 11.3 Å². The van der Waals surface area contributed by atoms with Crippen LogP contribution in [0.3, 0.4) is 0 Å². The maximum absolute atomic E-state index is 5.66. The molecule has 0 aliphatic heterocycles. The molecule has 58 heavy (non-hydrogen) atoms. The van der Waals surface area contributed by atoms with Crippen LogP contribution in [0.2, 0.25) is 0 Å². The van der Waals surface area contributed by atoms with Gasteiger partial charge in [-0.1, -0.05) is 152 Å². The zero-order valence-corrected chi connectivity index (χ0v) is 32.4. The molecular formula is C53H34N4S. The summed E-state index contributed by atoms with van der Waals surface area (Å²) in [5.41, 5.74) is 12.0. The van der Waals surface area contributed by atoms with Crippen molar-refractivity contribution >= 4 is 75.1 Å². The van der Waals surface area contributed by atoms with Crippen LogP contribution in [0.5, 0.6) is 0 Å². The minimum atomic E-state index is 0.714. The number of rotatable bonds is 5. The molecule has 0 aliphatic rings. The average molecular weight is 759 g/mol. The summed E-state index contributed by atoms with van der Waals surface area (Å²) in [6.45, 7) is 2.18. The van der Waals surface area contributed by atoms with Gasteiger partial charge in [-0.2, -0.15) is 0 Å². The molecule has 0 amide bonds. The lowest BCUT2D eigenvalue weighted by atomic mass is 10.0. The first-order valence-electron chi connectivity index (χ1n) is 19.7. The first kappa shape index (κ1) is 32.9. The summed E-state index contributed by atoms with van der Waals surface area (Å²) >= 11 is 1.81. The van der Waals surface area contributed by atoms with Crippen molar-refractivity contribution in [3.63, 3.8) is 0 Å². The zero-order chi connectivity index (χ0) is 38.3. The fourth-order valence-electron chi connectivity index (χ4n) is 9.09. The van der Waals surface area contributed by atoms with E-state index in [1.807, 2.05) is 11.3 Å². The summed E-state index contributed by atoms with van der Waals surface area (Å²) in [5, 5.41) is 7.26. The fourth-order valence-corrected chi connectivity index (χ4v) is 10.3. The molecular weight excluding hydrogens is 725 g/mol. The van der Waals surface area contributed by atoms with E-state index in [-0.39, 0.29) is 0 Å². The zero-order valence-electron chi connectivity index (χ0n) is 31.6. The van der Waals surface area contributed by atoms with Crippen molar-refractivity contribution < 1.29 is 0 Å². The first-order chi connectivity index (χ1) is 28.7. The number of thiophene rings is 1. The second kappa shape index (κ2) is 12.8. The maximum Gasteiger partial charge on any atom is 0.163 e. The molecule has 12 rings (SSSR count). The Morgan fingerprint density at radius 1 is 0.431 bits per heavy atom. The summed E-state index contributed by atoms with van der Waals surface area (Å²) in [6, 6.07) is 67.5. The van der Waals surface area contributed by atoms with E-state index in [2.05, 4.69) is 204 Å². The average Bonchev–Trinajstić information content (AvgIpc) is 3.95. The third-order valence-corrected chi connectivity index (χ3v) is 12.9. The lowest BCUT2D eigenvalue weighted by Crippen LogP contribution is -2.07. The molecule has 0 radical (unpaired) electrons. The third-order valence-electron chi connectivity index (χ3n) is 11.7. The predicted molar refractivity (Wildman–Crippen MR) is 245 cm³/mol. The highest BCUT2D eigenvalue weighted by molar-refractivity contribution is 7.26. The minimum Gasteiger partial charge on any atom is -0.307 e. The van der Waals surface area contributed by atoms with Gasteiger partial charge < -0.3 is 4.57 Å². The second-order valence-corrected chi connectivity index (χ2v) is 16.0. The molecule has 0 bridgehead atoms. The van der Waals surface area contributed by atoms with E-state index in [0.717, 1.165) is 56.0 Å². The number of nitrogens with zero attached hydrogens (tertiary/aromatic N) is 4. The Kier molecular flexibility index (Phi) is 7.28. The quantitative estimate of drug-likeness (QED) is 0.175. The van der Waals surface area contributed by atoms with Crippen LogP contribution in [-0.2, 0) is 0 Å². The fraction of sp³-hybridized carbons (Fsp3) is 0.0189. The Morgan fingerprint density at radius 2 is 1.00 bits per heavy atom. The van der Waals surface area contributed by atoms with Crippen molar-refractivity contribution in [2.24, 2.45) is 0 Å². The molecule has 0 aliphatic carbocycles. The van der Waals surface area contributed by atoms with Crippen LogP contribution in [0.1, 0.15) is 5.56 Å². The number of aromatic nitrogens is 4. The van der Waals surface area contributed by atoms with Crippen molar-refractivity contribution in [3.8, 4) is 45.3 Å². The van der Waals surface area contributed by atoms with Crippen LogP contribution in [0, 0.1) is 6.92 Å². The number of para-hydroxylation sites is 2.